The molecule has 0 atom stereocenters. The van der Waals surface area contributed by atoms with E-state index in [1.165, 1.54) is 19.2 Å². The number of nitrogen functional groups attached to an aromatic ring is 1. The zero-order valence-electron chi connectivity index (χ0n) is 6.03. The van der Waals surface area contributed by atoms with Gasteiger partial charge in [-0.3, -0.25) is 0 Å². The van der Waals surface area contributed by atoms with Gasteiger partial charge in [-0.1, -0.05) is 0 Å². The number of rotatable bonds is 1. The predicted octanol–water partition coefficient (Wildman–Crippen LogP) is 0.689. The molecular weight excluding hydrogens is 146 g/mol. The van der Waals surface area contributed by atoms with Crippen molar-refractivity contribution in [3.8, 4) is 17.2 Å². The number of benzene rings is 1. The van der Waals surface area contributed by atoms with Gasteiger partial charge in [0.15, 0.2) is 11.5 Å². The molecule has 0 radical (unpaired) electrons. The summed E-state index contributed by atoms with van der Waals surface area (Å²) in [6, 6.07) is 2.79. The highest BCUT2D eigenvalue weighted by atomic mass is 16.5. The van der Waals surface area contributed by atoms with Crippen LogP contribution >= 0.6 is 0 Å². The molecule has 0 heterocycles. The summed E-state index contributed by atoms with van der Waals surface area (Å²) in [4.78, 5) is 0. The summed E-state index contributed by atoms with van der Waals surface area (Å²) >= 11 is 0. The second-order valence-electron chi connectivity index (χ2n) is 2.05. The van der Waals surface area contributed by atoms with E-state index >= 15 is 0 Å². The van der Waals surface area contributed by atoms with Crippen LogP contribution in [0.5, 0.6) is 17.2 Å². The van der Waals surface area contributed by atoms with Crippen LogP contribution in [0.3, 0.4) is 0 Å². The van der Waals surface area contributed by atoms with Gasteiger partial charge in [-0.2, -0.15) is 0 Å². The Morgan fingerprint density at radius 2 is 2.00 bits per heavy atom. The first-order chi connectivity index (χ1) is 5.16. The zero-order chi connectivity index (χ0) is 8.43. The van der Waals surface area contributed by atoms with E-state index in [0.29, 0.717) is 0 Å². The highest BCUT2D eigenvalue weighted by molar-refractivity contribution is 5.66. The molecule has 0 fully saturated rings. The zero-order valence-corrected chi connectivity index (χ0v) is 6.03. The molecule has 60 valence electrons. The van der Waals surface area contributed by atoms with Crippen LogP contribution in [0.15, 0.2) is 12.1 Å². The molecule has 0 aliphatic rings. The number of phenols is 2. The Kier molecular flexibility index (Phi) is 1.76. The average Bonchev–Trinajstić information content (AvgIpc) is 2.01. The number of nitrogens with two attached hydrogens (primary N) is 1. The largest absolute Gasteiger partial charge is 0.506 e. The summed E-state index contributed by atoms with van der Waals surface area (Å²) < 4.78 is 4.74. The van der Waals surface area contributed by atoms with E-state index in [1.54, 1.807) is 0 Å². The lowest BCUT2D eigenvalue weighted by Gasteiger charge is -2.05. The highest BCUT2D eigenvalue weighted by Crippen LogP contribution is 2.37. The Morgan fingerprint density at radius 1 is 1.36 bits per heavy atom. The molecule has 0 aromatic heterocycles. The van der Waals surface area contributed by atoms with Crippen LogP contribution in [0, 0.1) is 0 Å². The molecule has 4 heteroatoms. The van der Waals surface area contributed by atoms with Gasteiger partial charge in [0.05, 0.1) is 7.11 Å². The Hall–Kier alpha value is -1.58. The summed E-state index contributed by atoms with van der Waals surface area (Å²) in [6.45, 7) is 0. The Bertz CT molecular complexity index is 273. The van der Waals surface area contributed by atoms with Crippen LogP contribution in [0.1, 0.15) is 0 Å². The first-order valence-corrected chi connectivity index (χ1v) is 3.01. The van der Waals surface area contributed by atoms with Crippen LogP contribution in [-0.4, -0.2) is 17.3 Å². The van der Waals surface area contributed by atoms with E-state index in [4.69, 9.17) is 20.7 Å². The minimum absolute atomic E-state index is 0.0654. The van der Waals surface area contributed by atoms with Crippen molar-refractivity contribution in [3.63, 3.8) is 0 Å². The van der Waals surface area contributed by atoms with E-state index in [-0.39, 0.29) is 22.9 Å². The van der Waals surface area contributed by atoms with Gasteiger partial charge in [0.2, 0.25) is 0 Å². The van der Waals surface area contributed by atoms with Crippen LogP contribution in [0.25, 0.3) is 0 Å². The number of hydrogen-bond donors (Lipinski definition) is 3. The van der Waals surface area contributed by atoms with E-state index in [1.807, 2.05) is 0 Å². The molecule has 0 aliphatic heterocycles. The van der Waals surface area contributed by atoms with Crippen LogP contribution in [0.2, 0.25) is 0 Å². The molecule has 4 N–H and O–H groups in total. The molecule has 1 aromatic rings. The molecule has 0 bridgehead atoms. The fourth-order valence-corrected chi connectivity index (χ4v) is 0.742. The van der Waals surface area contributed by atoms with Crippen molar-refractivity contribution in [2.75, 3.05) is 12.8 Å². The molecule has 1 rings (SSSR count). The number of phenolic OH excluding ortho intramolecular Hbond substituents is 2. The van der Waals surface area contributed by atoms with Crippen LogP contribution in [0.4, 0.5) is 5.69 Å². The molecule has 0 spiro atoms. The lowest BCUT2D eigenvalue weighted by atomic mass is 10.2. The molecule has 1 aromatic carbocycles. The van der Waals surface area contributed by atoms with E-state index in [9.17, 15) is 0 Å². The van der Waals surface area contributed by atoms with Crippen molar-refractivity contribution in [1.29, 1.82) is 0 Å². The Labute approximate surface area is 63.8 Å². The van der Waals surface area contributed by atoms with Crippen molar-refractivity contribution >= 4 is 5.69 Å². The third kappa shape index (κ3) is 1.14. The van der Waals surface area contributed by atoms with E-state index in [0.717, 1.165) is 0 Å². The average molecular weight is 155 g/mol. The second kappa shape index (κ2) is 2.57. The third-order valence-electron chi connectivity index (χ3n) is 1.38. The lowest BCUT2D eigenvalue weighted by molar-refractivity contribution is 0.371. The number of ether oxygens (including phenoxy) is 1. The molecule has 11 heavy (non-hydrogen) atoms. The maximum absolute atomic E-state index is 9.17. The molecular formula is C7H9NO3. The summed E-state index contributed by atoms with van der Waals surface area (Å²) in [5.41, 5.74) is 5.21. The first-order valence-electron chi connectivity index (χ1n) is 3.01. The van der Waals surface area contributed by atoms with Crippen molar-refractivity contribution in [3.05, 3.63) is 12.1 Å². The maximum atomic E-state index is 9.17. The van der Waals surface area contributed by atoms with Crippen molar-refractivity contribution in [1.82, 2.24) is 0 Å². The standard InChI is InChI=1S/C7H9NO3/c1-11-5-3-2-4(9)6(8)7(5)10/h2-3,9-10H,8H2,1H3. The molecule has 0 amide bonds. The maximum Gasteiger partial charge on any atom is 0.185 e. The van der Waals surface area contributed by atoms with Gasteiger partial charge in [-0.25, -0.2) is 0 Å². The van der Waals surface area contributed by atoms with E-state index in [2.05, 4.69) is 0 Å². The number of methoxy groups -OCH3 is 1. The fraction of sp³-hybridized carbons (Fsp3) is 0.143. The molecule has 0 saturated carbocycles. The van der Waals surface area contributed by atoms with Gasteiger partial charge in [-0.15, -0.1) is 0 Å². The van der Waals surface area contributed by atoms with Crippen molar-refractivity contribution in [2.24, 2.45) is 0 Å². The van der Waals surface area contributed by atoms with E-state index < -0.39 is 0 Å². The third-order valence-corrected chi connectivity index (χ3v) is 1.38. The lowest BCUT2D eigenvalue weighted by Crippen LogP contribution is -1.90. The van der Waals surface area contributed by atoms with Gasteiger partial charge in [0, 0.05) is 0 Å². The molecule has 0 saturated heterocycles. The van der Waals surface area contributed by atoms with Gasteiger partial charge >= 0.3 is 0 Å². The predicted molar refractivity (Wildman–Crippen MR) is 40.7 cm³/mol. The van der Waals surface area contributed by atoms with Crippen LogP contribution < -0.4 is 10.5 Å². The van der Waals surface area contributed by atoms with Crippen LogP contribution in [-0.2, 0) is 0 Å². The number of aromatic hydroxyl groups is 2. The topological polar surface area (TPSA) is 75.7 Å². The van der Waals surface area contributed by atoms with Crippen molar-refractivity contribution in [2.45, 2.75) is 0 Å². The summed E-state index contributed by atoms with van der Waals surface area (Å²) in [6.07, 6.45) is 0. The molecule has 0 aliphatic carbocycles. The van der Waals surface area contributed by atoms with Gasteiger partial charge in [-0.05, 0) is 12.1 Å². The summed E-state index contributed by atoms with van der Waals surface area (Å²) in [5, 5.41) is 18.1. The Balaban J connectivity index is 3.25. The molecule has 4 nitrogen and oxygen atoms in total. The molecule has 0 unspecified atom stereocenters. The van der Waals surface area contributed by atoms with Gasteiger partial charge in [0.1, 0.15) is 11.4 Å². The van der Waals surface area contributed by atoms with Crippen molar-refractivity contribution < 1.29 is 14.9 Å². The SMILES string of the molecule is COc1ccc(O)c(N)c1O. The summed E-state index contributed by atoms with van der Waals surface area (Å²) in [5.74, 6) is -0.129. The highest BCUT2D eigenvalue weighted by Gasteiger charge is 2.08. The van der Waals surface area contributed by atoms with Gasteiger partial charge < -0.3 is 20.7 Å². The number of hydrogen-bond acceptors (Lipinski definition) is 4. The second-order valence-corrected chi connectivity index (χ2v) is 2.05. The minimum atomic E-state index is -0.229. The minimum Gasteiger partial charge on any atom is -0.506 e. The fourth-order valence-electron chi connectivity index (χ4n) is 0.742. The smallest absolute Gasteiger partial charge is 0.185 e. The monoisotopic (exact) mass is 155 g/mol. The van der Waals surface area contributed by atoms with Gasteiger partial charge in [0.25, 0.3) is 0 Å². The quantitative estimate of drug-likeness (QED) is 0.412. The summed E-state index contributed by atoms with van der Waals surface area (Å²) in [7, 11) is 1.41. The first kappa shape index (κ1) is 7.53. The Morgan fingerprint density at radius 3 is 2.55 bits per heavy atom. The normalized spacial score (nSPS) is 9.55. The number of anilines is 1.